The van der Waals surface area contributed by atoms with E-state index in [1.54, 1.807) is 0 Å². The van der Waals surface area contributed by atoms with E-state index in [2.05, 4.69) is 10.1 Å². The average Bonchev–Trinajstić information content (AvgIpc) is 3.46. The highest BCUT2D eigenvalue weighted by Gasteiger charge is 2.28. The molecule has 0 amide bonds. The van der Waals surface area contributed by atoms with Crippen LogP contribution in [0.5, 0.6) is 0 Å². The molecule has 2 N–H and O–H groups in total. The Morgan fingerprint density at radius 1 is 1.13 bits per heavy atom. The van der Waals surface area contributed by atoms with Crippen molar-refractivity contribution in [1.82, 2.24) is 10.1 Å². The zero-order chi connectivity index (χ0) is 21.1. The standard InChI is InChI=1S/C23H24N4O2S/c1-23(2,19-14-20(29-26-19)25-22(24)27-11-12-30-15-27)18-10-6-9-17(13-18)21(28)16-7-4-3-5-8-16/h3-10,13-14H,11-12,15H2,1-2H3,(H2,24,25). The molecule has 1 fully saturated rings. The first-order valence-corrected chi connectivity index (χ1v) is 10.9. The zero-order valence-electron chi connectivity index (χ0n) is 17.0. The lowest BCUT2D eigenvalue weighted by molar-refractivity contribution is 0.103. The van der Waals surface area contributed by atoms with E-state index in [1.165, 1.54) is 0 Å². The molecular weight excluding hydrogens is 396 g/mol. The van der Waals surface area contributed by atoms with Crippen LogP contribution in [-0.2, 0) is 5.41 Å². The van der Waals surface area contributed by atoms with Crippen molar-refractivity contribution in [2.45, 2.75) is 19.3 Å². The second-order valence-electron chi connectivity index (χ2n) is 7.72. The fourth-order valence-corrected chi connectivity index (χ4v) is 4.30. The van der Waals surface area contributed by atoms with E-state index in [1.807, 2.05) is 91.2 Å². The summed E-state index contributed by atoms with van der Waals surface area (Å²) in [5.74, 6) is 2.70. The van der Waals surface area contributed by atoms with Crippen LogP contribution in [0, 0.1) is 0 Å². The topological polar surface area (TPSA) is 84.7 Å². The molecule has 0 spiro atoms. The van der Waals surface area contributed by atoms with Crippen molar-refractivity contribution in [3.8, 4) is 0 Å². The third-order valence-electron chi connectivity index (χ3n) is 5.32. The number of guanidine groups is 1. The summed E-state index contributed by atoms with van der Waals surface area (Å²) < 4.78 is 5.43. The molecule has 1 aliphatic heterocycles. The van der Waals surface area contributed by atoms with Gasteiger partial charge in [-0.3, -0.25) is 4.79 Å². The first-order valence-electron chi connectivity index (χ1n) is 9.79. The summed E-state index contributed by atoms with van der Waals surface area (Å²) in [5, 5.41) is 4.23. The van der Waals surface area contributed by atoms with Crippen molar-refractivity contribution in [3.63, 3.8) is 0 Å². The normalized spacial score (nSPS) is 14.9. The third kappa shape index (κ3) is 4.11. The van der Waals surface area contributed by atoms with Gasteiger partial charge in [0.1, 0.15) is 0 Å². The second-order valence-corrected chi connectivity index (χ2v) is 8.80. The van der Waals surface area contributed by atoms with Gasteiger partial charge in [0.2, 0.25) is 0 Å². The number of rotatable bonds is 5. The molecule has 1 aliphatic rings. The molecule has 0 unspecified atom stereocenters. The van der Waals surface area contributed by atoms with E-state index in [0.717, 1.165) is 29.4 Å². The number of aromatic nitrogens is 1. The molecule has 2 aromatic carbocycles. The monoisotopic (exact) mass is 420 g/mol. The highest BCUT2D eigenvalue weighted by atomic mass is 32.2. The van der Waals surface area contributed by atoms with Gasteiger partial charge >= 0.3 is 0 Å². The maximum absolute atomic E-state index is 12.8. The van der Waals surface area contributed by atoms with Crippen molar-refractivity contribution < 1.29 is 9.32 Å². The number of carbonyl (C=O) groups is 1. The molecule has 0 saturated carbocycles. The zero-order valence-corrected chi connectivity index (χ0v) is 17.9. The number of nitrogens with zero attached hydrogens (tertiary/aromatic N) is 3. The number of hydrogen-bond acceptors (Lipinski definition) is 5. The fraction of sp³-hybridized carbons (Fsp3) is 0.261. The first kappa shape index (κ1) is 20.2. The summed E-state index contributed by atoms with van der Waals surface area (Å²) >= 11 is 1.82. The van der Waals surface area contributed by atoms with Crippen LogP contribution in [0.1, 0.15) is 41.0 Å². The maximum Gasteiger partial charge on any atom is 0.253 e. The Balaban J connectivity index is 1.59. The Labute approximate surface area is 180 Å². The molecule has 0 radical (unpaired) electrons. The lowest BCUT2D eigenvalue weighted by Crippen LogP contribution is -2.34. The Hall–Kier alpha value is -3.06. The molecule has 3 aromatic rings. The van der Waals surface area contributed by atoms with Gasteiger partial charge in [0, 0.05) is 34.9 Å². The van der Waals surface area contributed by atoms with Crippen LogP contribution in [0.3, 0.4) is 0 Å². The molecule has 0 bridgehead atoms. The Bertz CT molecular complexity index is 1070. The summed E-state index contributed by atoms with van der Waals surface area (Å²) in [4.78, 5) is 19.2. The van der Waals surface area contributed by atoms with Gasteiger partial charge < -0.3 is 15.2 Å². The van der Waals surface area contributed by atoms with Crippen molar-refractivity contribution in [2.24, 2.45) is 10.7 Å². The van der Waals surface area contributed by atoms with Crippen LogP contribution in [-0.4, -0.2) is 40.0 Å². The van der Waals surface area contributed by atoms with Crippen molar-refractivity contribution in [3.05, 3.63) is 83.0 Å². The van der Waals surface area contributed by atoms with E-state index < -0.39 is 5.41 Å². The Kier molecular flexibility index (Phi) is 5.63. The molecule has 0 atom stereocenters. The summed E-state index contributed by atoms with van der Waals surface area (Å²) in [6.07, 6.45) is 0. The van der Waals surface area contributed by atoms with Crippen LogP contribution in [0.4, 0.5) is 5.88 Å². The third-order valence-corrected chi connectivity index (χ3v) is 6.29. The van der Waals surface area contributed by atoms with Crippen LogP contribution in [0.25, 0.3) is 0 Å². The van der Waals surface area contributed by atoms with Crippen molar-refractivity contribution in [1.29, 1.82) is 0 Å². The number of ketones is 1. The maximum atomic E-state index is 12.8. The smallest absolute Gasteiger partial charge is 0.253 e. The molecule has 1 aromatic heterocycles. The van der Waals surface area contributed by atoms with Crippen LogP contribution < -0.4 is 5.73 Å². The predicted octanol–water partition coefficient (Wildman–Crippen LogP) is 4.18. The number of hydrogen-bond donors (Lipinski definition) is 1. The summed E-state index contributed by atoms with van der Waals surface area (Å²) in [7, 11) is 0. The van der Waals surface area contributed by atoms with Crippen LogP contribution >= 0.6 is 11.8 Å². The minimum absolute atomic E-state index is 0.00468. The minimum atomic E-state index is -0.470. The number of carbonyl (C=O) groups excluding carboxylic acids is 1. The van der Waals surface area contributed by atoms with E-state index in [4.69, 9.17) is 10.3 Å². The SMILES string of the molecule is CC(C)(c1cccc(C(=O)c2ccccc2)c1)c1cc(N=C(N)N2CCSC2)on1. The van der Waals surface area contributed by atoms with Gasteiger partial charge in [-0.25, -0.2) is 0 Å². The van der Waals surface area contributed by atoms with Crippen LogP contribution in [0.15, 0.2) is 70.2 Å². The predicted molar refractivity (Wildman–Crippen MR) is 120 cm³/mol. The molecular formula is C23H24N4O2S. The molecule has 6 nitrogen and oxygen atoms in total. The van der Waals surface area contributed by atoms with E-state index >= 15 is 0 Å². The summed E-state index contributed by atoms with van der Waals surface area (Å²) in [6, 6.07) is 18.7. The number of benzene rings is 2. The van der Waals surface area contributed by atoms with E-state index in [9.17, 15) is 4.79 Å². The lowest BCUT2D eigenvalue weighted by Gasteiger charge is -2.22. The first-order chi connectivity index (χ1) is 14.4. The average molecular weight is 421 g/mol. The van der Waals surface area contributed by atoms with Crippen molar-refractivity contribution >= 4 is 29.4 Å². The molecule has 154 valence electrons. The second kappa shape index (κ2) is 8.36. The quantitative estimate of drug-likeness (QED) is 0.379. The largest absolute Gasteiger partial charge is 0.369 e. The molecule has 4 rings (SSSR count). The molecule has 0 aliphatic carbocycles. The highest BCUT2D eigenvalue weighted by Crippen LogP contribution is 2.33. The minimum Gasteiger partial charge on any atom is -0.369 e. The Morgan fingerprint density at radius 2 is 1.90 bits per heavy atom. The fourth-order valence-electron chi connectivity index (χ4n) is 3.34. The molecule has 7 heteroatoms. The van der Waals surface area contributed by atoms with Gasteiger partial charge in [-0.05, 0) is 11.6 Å². The number of nitrogens with two attached hydrogens (primary N) is 1. The molecule has 2 heterocycles. The van der Waals surface area contributed by atoms with Crippen LogP contribution in [0.2, 0.25) is 0 Å². The molecule has 30 heavy (non-hydrogen) atoms. The summed E-state index contributed by atoms with van der Waals surface area (Å²) in [6.45, 7) is 4.98. The summed E-state index contributed by atoms with van der Waals surface area (Å²) in [5.41, 5.74) is 8.63. The van der Waals surface area contributed by atoms with Gasteiger partial charge in [-0.15, -0.1) is 11.8 Å². The van der Waals surface area contributed by atoms with Gasteiger partial charge in [0.25, 0.3) is 5.88 Å². The Morgan fingerprint density at radius 3 is 2.63 bits per heavy atom. The van der Waals surface area contributed by atoms with Gasteiger partial charge in [-0.2, -0.15) is 4.99 Å². The number of thioether (sulfide) groups is 1. The molecule has 1 saturated heterocycles. The number of aliphatic imine (C=N–C) groups is 1. The van der Waals surface area contributed by atoms with Crippen molar-refractivity contribution in [2.75, 3.05) is 18.2 Å². The van der Waals surface area contributed by atoms with E-state index in [-0.39, 0.29) is 5.78 Å². The van der Waals surface area contributed by atoms with Gasteiger partial charge in [0.15, 0.2) is 11.7 Å². The highest BCUT2D eigenvalue weighted by molar-refractivity contribution is 7.99. The lowest BCUT2D eigenvalue weighted by atomic mass is 9.80. The van der Waals surface area contributed by atoms with Gasteiger partial charge in [0.05, 0.1) is 11.6 Å². The van der Waals surface area contributed by atoms with E-state index in [0.29, 0.717) is 23.0 Å². The van der Waals surface area contributed by atoms with Gasteiger partial charge in [-0.1, -0.05) is 67.5 Å².